The fraction of sp³-hybridized carbons (Fsp3) is 0.450. The van der Waals surface area contributed by atoms with Crippen molar-refractivity contribution in [3.05, 3.63) is 28.0 Å². The van der Waals surface area contributed by atoms with Crippen LogP contribution < -0.4 is 11.1 Å². The summed E-state index contributed by atoms with van der Waals surface area (Å²) >= 11 is 3.70. The molecule has 0 aliphatic carbocycles. The molecule has 2 aromatic heterocycles. The van der Waals surface area contributed by atoms with Crippen molar-refractivity contribution in [2.45, 2.75) is 49.2 Å². The van der Waals surface area contributed by atoms with Crippen LogP contribution in [0.2, 0.25) is 0 Å². The van der Waals surface area contributed by atoms with Gasteiger partial charge in [-0.05, 0) is 12.8 Å². The highest BCUT2D eigenvalue weighted by atomic mass is 32.2. The highest BCUT2D eigenvalue weighted by Crippen LogP contribution is 2.35. The van der Waals surface area contributed by atoms with Crippen LogP contribution in [0, 0.1) is 0 Å². The first-order chi connectivity index (χ1) is 17.3. The number of amides is 2. The number of carboxylic acid groups (broad SMARTS) is 1. The Morgan fingerprint density at radius 3 is 2.81 bits per heavy atom. The molecule has 0 spiro atoms. The molecular formula is C20H23N7O6S3. The lowest BCUT2D eigenvalue weighted by molar-refractivity contribution is -0.160. The average Bonchev–Trinajstić information content (AvgIpc) is 3.55. The van der Waals surface area contributed by atoms with Gasteiger partial charge in [0.15, 0.2) is 20.9 Å². The lowest BCUT2D eigenvalue weighted by atomic mass is 9.92. The minimum Gasteiger partial charge on any atom is -0.492 e. The molecule has 1 saturated heterocycles. The van der Waals surface area contributed by atoms with Crippen LogP contribution in [0.3, 0.4) is 0 Å². The fourth-order valence-electron chi connectivity index (χ4n) is 3.60. The van der Waals surface area contributed by atoms with Gasteiger partial charge < -0.3 is 25.7 Å². The fourth-order valence-corrected chi connectivity index (χ4v) is 5.58. The summed E-state index contributed by atoms with van der Waals surface area (Å²) < 4.78 is 6.35. The van der Waals surface area contributed by atoms with Crippen LogP contribution in [0.15, 0.2) is 31.8 Å². The van der Waals surface area contributed by atoms with Crippen molar-refractivity contribution in [2.75, 3.05) is 18.1 Å². The van der Waals surface area contributed by atoms with Gasteiger partial charge in [-0.25, -0.2) is 9.78 Å². The lowest BCUT2D eigenvalue weighted by Crippen LogP contribution is -2.73. The molecule has 2 unspecified atom stereocenters. The number of thioether (sulfide) groups is 1. The van der Waals surface area contributed by atoms with Gasteiger partial charge in [-0.3, -0.25) is 14.5 Å². The summed E-state index contributed by atoms with van der Waals surface area (Å²) in [6, 6.07) is -1.69. The number of rotatable bonds is 11. The molecule has 2 aromatic rings. The number of aromatic nitrogens is 3. The molecule has 13 nitrogen and oxygen atoms in total. The van der Waals surface area contributed by atoms with Gasteiger partial charge in [0.2, 0.25) is 0 Å². The first kappa shape index (κ1) is 25.8. The average molecular weight is 554 g/mol. The van der Waals surface area contributed by atoms with Gasteiger partial charge in [-0.1, -0.05) is 42.1 Å². The molecule has 2 amide bonds. The number of β-lactam (4-membered cyclic amide) rings is 1. The first-order valence-electron chi connectivity index (χ1n) is 10.9. The Labute approximate surface area is 217 Å². The van der Waals surface area contributed by atoms with Gasteiger partial charge in [-0.15, -0.1) is 21.5 Å². The second-order valence-corrected chi connectivity index (χ2v) is 10.6. The van der Waals surface area contributed by atoms with Crippen LogP contribution in [0.4, 0.5) is 5.13 Å². The number of hydrogen-bond acceptors (Lipinski definition) is 13. The number of carboxylic acids is 1. The summed E-state index contributed by atoms with van der Waals surface area (Å²) in [5.74, 6) is -2.24. The monoisotopic (exact) mass is 553 g/mol. The maximum atomic E-state index is 13.1. The molecule has 16 heteroatoms. The molecule has 4 rings (SSSR count). The summed E-state index contributed by atoms with van der Waals surface area (Å²) in [5, 5.41) is 25.9. The van der Waals surface area contributed by atoms with Gasteiger partial charge in [0, 0.05) is 5.38 Å². The Morgan fingerprint density at radius 2 is 2.19 bits per heavy atom. The zero-order chi connectivity index (χ0) is 25.8. The maximum absolute atomic E-state index is 13.1. The van der Waals surface area contributed by atoms with E-state index in [9.17, 15) is 19.5 Å². The third kappa shape index (κ3) is 5.29. The van der Waals surface area contributed by atoms with Gasteiger partial charge in [0.25, 0.3) is 11.8 Å². The molecule has 1 fully saturated rings. The first-order valence-corrected chi connectivity index (χ1v) is 13.7. The second-order valence-electron chi connectivity index (χ2n) is 7.66. The molecule has 2 atom stereocenters. The van der Waals surface area contributed by atoms with Gasteiger partial charge in [-0.2, -0.15) is 0 Å². The number of fused-ring (bicyclic) bond motifs is 1. The normalized spacial score (nSPS) is 19.6. The van der Waals surface area contributed by atoms with E-state index in [1.165, 1.54) is 23.1 Å². The van der Waals surface area contributed by atoms with Gasteiger partial charge >= 0.3 is 5.97 Å². The van der Waals surface area contributed by atoms with Crippen LogP contribution in [0.5, 0.6) is 0 Å². The number of aliphatic carboxylic acids is 1. The number of nitrogens with two attached hydrogens (primary N) is 1. The van der Waals surface area contributed by atoms with Crippen LogP contribution in [-0.4, -0.2) is 79.2 Å². The second kappa shape index (κ2) is 11.2. The Morgan fingerprint density at radius 1 is 1.42 bits per heavy atom. The summed E-state index contributed by atoms with van der Waals surface area (Å²) in [6.07, 6.45) is 1.18. The van der Waals surface area contributed by atoms with Gasteiger partial charge in [0.05, 0.1) is 5.75 Å². The molecule has 0 radical (unpaired) electrons. The van der Waals surface area contributed by atoms with E-state index in [0.29, 0.717) is 17.2 Å². The van der Waals surface area contributed by atoms with E-state index in [1.54, 1.807) is 10.9 Å². The van der Waals surface area contributed by atoms with E-state index in [0.717, 1.165) is 16.2 Å². The zero-order valence-electron chi connectivity index (χ0n) is 19.2. The third-order valence-electron chi connectivity index (χ3n) is 5.49. The Hall–Kier alpha value is -3.24. The SMILES string of the molecule is CCC(CC)O/N=C(\C(=O)NC1C(=O)N2C(C(=O)O)=C(CSc3nncs3)OCC12)c1csc(N)n1. The highest BCUT2D eigenvalue weighted by Gasteiger charge is 2.55. The zero-order valence-corrected chi connectivity index (χ0v) is 21.7. The van der Waals surface area contributed by atoms with Crippen LogP contribution in [-0.2, 0) is 24.0 Å². The molecule has 36 heavy (non-hydrogen) atoms. The van der Waals surface area contributed by atoms with E-state index < -0.39 is 29.9 Å². The minimum atomic E-state index is -1.30. The number of nitrogens with one attached hydrogen (secondary N) is 1. The standard InChI is InChI=1S/C20H23N7O6S3/c1-3-9(4-2)33-26-13(10-6-34-19(21)23-10)16(28)24-14-11-5-32-12(7-35-20-25-22-8-36-20)15(18(30)31)27(11)17(14)29/h6,8-9,11,14H,3-5,7H2,1-2H3,(H2,21,23)(H,24,28)(H,30,31)/b26-13-. The molecule has 4 heterocycles. The van der Waals surface area contributed by atoms with Crippen molar-refractivity contribution < 1.29 is 29.1 Å². The molecule has 0 aromatic carbocycles. The van der Waals surface area contributed by atoms with Crippen molar-refractivity contribution in [3.8, 4) is 0 Å². The Balaban J connectivity index is 1.50. The summed E-state index contributed by atoms with van der Waals surface area (Å²) in [7, 11) is 0. The van der Waals surface area contributed by atoms with Crippen molar-refractivity contribution in [2.24, 2.45) is 5.16 Å². The number of anilines is 1. The molecular weight excluding hydrogens is 530 g/mol. The van der Waals surface area contributed by atoms with E-state index in [1.807, 2.05) is 13.8 Å². The minimum absolute atomic E-state index is 0.0137. The number of nitrogen functional groups attached to an aromatic ring is 1. The van der Waals surface area contributed by atoms with E-state index in [4.69, 9.17) is 15.3 Å². The predicted molar refractivity (Wildman–Crippen MR) is 132 cm³/mol. The molecule has 0 saturated carbocycles. The van der Waals surface area contributed by atoms with Crippen molar-refractivity contribution in [1.29, 1.82) is 0 Å². The van der Waals surface area contributed by atoms with Crippen molar-refractivity contribution in [3.63, 3.8) is 0 Å². The maximum Gasteiger partial charge on any atom is 0.356 e. The summed E-state index contributed by atoms with van der Waals surface area (Å²) in [4.78, 5) is 48.8. The summed E-state index contributed by atoms with van der Waals surface area (Å²) in [5.41, 5.74) is 7.12. The number of carbonyl (C=O) groups excluding carboxylic acids is 2. The number of thiazole rings is 1. The van der Waals surface area contributed by atoms with E-state index >= 15 is 0 Å². The Kier molecular flexibility index (Phi) is 8.05. The molecule has 0 bridgehead atoms. The van der Waals surface area contributed by atoms with Gasteiger partial charge in [0.1, 0.15) is 41.8 Å². The molecule has 192 valence electrons. The number of hydrogen-bond donors (Lipinski definition) is 3. The predicted octanol–water partition coefficient (Wildman–Crippen LogP) is 1.30. The Bertz CT molecular complexity index is 1190. The quantitative estimate of drug-likeness (QED) is 0.158. The molecule has 2 aliphatic rings. The number of oxime groups is 1. The third-order valence-corrected chi connectivity index (χ3v) is 8.03. The highest BCUT2D eigenvalue weighted by molar-refractivity contribution is 8.01. The number of ether oxygens (including phenoxy) is 1. The van der Waals surface area contributed by atoms with E-state index in [-0.39, 0.29) is 46.5 Å². The largest absolute Gasteiger partial charge is 0.492 e. The smallest absolute Gasteiger partial charge is 0.356 e. The number of carbonyl (C=O) groups is 3. The van der Waals surface area contributed by atoms with Crippen molar-refractivity contribution in [1.82, 2.24) is 25.4 Å². The lowest BCUT2D eigenvalue weighted by Gasteiger charge is -2.49. The van der Waals surface area contributed by atoms with Crippen LogP contribution in [0.1, 0.15) is 32.4 Å². The topological polar surface area (TPSA) is 182 Å². The van der Waals surface area contributed by atoms with Crippen LogP contribution >= 0.6 is 34.4 Å². The van der Waals surface area contributed by atoms with E-state index in [2.05, 4.69) is 25.7 Å². The summed E-state index contributed by atoms with van der Waals surface area (Å²) in [6.45, 7) is 3.88. The molecule has 4 N–H and O–H groups in total. The van der Waals surface area contributed by atoms with Crippen molar-refractivity contribution >= 4 is 63.1 Å². The number of nitrogens with zero attached hydrogens (tertiary/aromatic N) is 5. The van der Waals surface area contributed by atoms with Crippen LogP contribution in [0.25, 0.3) is 0 Å². The molecule has 2 aliphatic heterocycles.